The molecule has 0 aliphatic heterocycles. The van der Waals surface area contributed by atoms with Gasteiger partial charge in [-0.2, -0.15) is 0 Å². The van der Waals surface area contributed by atoms with E-state index in [0.29, 0.717) is 13.1 Å². The van der Waals surface area contributed by atoms with Gasteiger partial charge in [-0.3, -0.25) is 4.79 Å². The van der Waals surface area contributed by atoms with Gasteiger partial charge in [-0.25, -0.2) is 0 Å². The fraction of sp³-hybridized carbons (Fsp3) is 0.500. The normalized spacial score (nSPS) is 16.6. The maximum absolute atomic E-state index is 12.1. The summed E-state index contributed by atoms with van der Waals surface area (Å²) in [6.45, 7) is 5.33. The number of rotatable bonds is 4. The van der Waals surface area contributed by atoms with Crippen molar-refractivity contribution in [3.05, 3.63) is 34.9 Å². The molecular weight excluding hydrogens is 212 g/mol. The minimum absolute atomic E-state index is 0.0194. The van der Waals surface area contributed by atoms with Crippen LogP contribution in [0.15, 0.2) is 18.2 Å². The minimum atomic E-state index is 0.0194. The van der Waals surface area contributed by atoms with E-state index in [9.17, 15) is 4.79 Å². The van der Waals surface area contributed by atoms with Crippen LogP contribution in [0.4, 0.5) is 0 Å². The number of aryl methyl sites for hydroxylation is 2. The van der Waals surface area contributed by atoms with Crippen molar-refractivity contribution in [2.24, 2.45) is 11.1 Å². The van der Waals surface area contributed by atoms with Crippen LogP contribution in [0.25, 0.3) is 0 Å². The van der Waals surface area contributed by atoms with Gasteiger partial charge in [0, 0.05) is 17.5 Å². The highest BCUT2D eigenvalue weighted by molar-refractivity contribution is 5.95. The molecule has 1 aromatic carbocycles. The van der Waals surface area contributed by atoms with Gasteiger partial charge in [-0.15, -0.1) is 0 Å². The molecular formula is C14H20N2O. The summed E-state index contributed by atoms with van der Waals surface area (Å²) in [6.07, 6.45) is 2.27. The van der Waals surface area contributed by atoms with Crippen molar-refractivity contribution in [1.82, 2.24) is 5.32 Å². The first-order valence-corrected chi connectivity index (χ1v) is 6.12. The summed E-state index contributed by atoms with van der Waals surface area (Å²) in [4.78, 5) is 12.1. The number of benzene rings is 1. The van der Waals surface area contributed by atoms with E-state index in [2.05, 4.69) is 5.32 Å². The van der Waals surface area contributed by atoms with Crippen molar-refractivity contribution in [3.8, 4) is 0 Å². The van der Waals surface area contributed by atoms with Gasteiger partial charge in [-0.1, -0.05) is 17.7 Å². The number of nitrogens with one attached hydrogen (secondary N) is 1. The summed E-state index contributed by atoms with van der Waals surface area (Å²) in [6, 6.07) is 5.95. The molecule has 0 unspecified atom stereocenters. The Hall–Kier alpha value is -1.35. The first-order chi connectivity index (χ1) is 8.06. The van der Waals surface area contributed by atoms with Gasteiger partial charge in [-0.05, 0) is 44.9 Å². The van der Waals surface area contributed by atoms with E-state index < -0.39 is 0 Å². The van der Waals surface area contributed by atoms with Crippen LogP contribution in [0.2, 0.25) is 0 Å². The lowest BCUT2D eigenvalue weighted by Crippen LogP contribution is -2.34. The Morgan fingerprint density at radius 1 is 1.41 bits per heavy atom. The van der Waals surface area contributed by atoms with Crippen LogP contribution in [0.1, 0.15) is 34.3 Å². The average Bonchev–Trinajstić information content (AvgIpc) is 3.10. The molecule has 1 aliphatic carbocycles. The van der Waals surface area contributed by atoms with E-state index in [1.807, 2.05) is 32.0 Å². The lowest BCUT2D eigenvalue weighted by Gasteiger charge is -2.14. The predicted molar refractivity (Wildman–Crippen MR) is 69.0 cm³/mol. The van der Waals surface area contributed by atoms with Crippen LogP contribution in [-0.2, 0) is 0 Å². The van der Waals surface area contributed by atoms with Crippen molar-refractivity contribution in [3.63, 3.8) is 0 Å². The van der Waals surface area contributed by atoms with Gasteiger partial charge in [0.25, 0.3) is 5.91 Å². The van der Waals surface area contributed by atoms with Crippen LogP contribution in [0, 0.1) is 19.3 Å². The van der Waals surface area contributed by atoms with Crippen molar-refractivity contribution in [2.45, 2.75) is 26.7 Å². The zero-order valence-corrected chi connectivity index (χ0v) is 10.5. The monoisotopic (exact) mass is 232 g/mol. The highest BCUT2D eigenvalue weighted by Crippen LogP contribution is 2.43. The molecule has 92 valence electrons. The standard InChI is InChI=1S/C14H20N2O/c1-10-3-4-11(2)12(7-10)13(17)16-9-14(8-15)5-6-14/h3-4,7H,5-6,8-9,15H2,1-2H3,(H,16,17). The molecule has 0 atom stereocenters. The maximum atomic E-state index is 12.1. The molecule has 1 fully saturated rings. The zero-order chi connectivity index (χ0) is 12.5. The second-order valence-corrected chi connectivity index (χ2v) is 5.21. The molecule has 3 heteroatoms. The van der Waals surface area contributed by atoms with Crippen molar-refractivity contribution < 1.29 is 4.79 Å². The Bertz CT molecular complexity index is 436. The summed E-state index contributed by atoms with van der Waals surface area (Å²) in [5.41, 5.74) is 8.79. The van der Waals surface area contributed by atoms with Crippen molar-refractivity contribution in [1.29, 1.82) is 0 Å². The van der Waals surface area contributed by atoms with Gasteiger partial charge in [0.15, 0.2) is 0 Å². The molecule has 3 N–H and O–H groups in total. The third-order valence-corrected chi connectivity index (χ3v) is 3.65. The van der Waals surface area contributed by atoms with E-state index in [-0.39, 0.29) is 11.3 Å². The quantitative estimate of drug-likeness (QED) is 0.831. The van der Waals surface area contributed by atoms with Crippen LogP contribution in [0.5, 0.6) is 0 Å². The van der Waals surface area contributed by atoms with Crippen LogP contribution in [0.3, 0.4) is 0 Å². The second kappa shape index (κ2) is 4.49. The summed E-state index contributed by atoms with van der Waals surface area (Å²) in [5, 5.41) is 3.00. The molecule has 0 heterocycles. The first-order valence-electron chi connectivity index (χ1n) is 6.12. The van der Waals surface area contributed by atoms with E-state index in [4.69, 9.17) is 5.73 Å². The topological polar surface area (TPSA) is 55.1 Å². The van der Waals surface area contributed by atoms with Gasteiger partial charge in [0.1, 0.15) is 0 Å². The van der Waals surface area contributed by atoms with Crippen LogP contribution < -0.4 is 11.1 Å². The summed E-state index contributed by atoms with van der Waals surface area (Å²) in [7, 11) is 0. The van der Waals surface area contributed by atoms with Crippen molar-refractivity contribution >= 4 is 5.91 Å². The molecule has 1 aliphatic rings. The number of nitrogens with two attached hydrogens (primary N) is 1. The zero-order valence-electron chi connectivity index (χ0n) is 10.5. The third kappa shape index (κ3) is 2.67. The Kier molecular flexibility index (Phi) is 3.20. The molecule has 17 heavy (non-hydrogen) atoms. The fourth-order valence-corrected chi connectivity index (χ4v) is 1.97. The Morgan fingerprint density at radius 3 is 2.71 bits per heavy atom. The summed E-state index contributed by atoms with van der Waals surface area (Å²) < 4.78 is 0. The molecule has 1 amide bonds. The van der Waals surface area contributed by atoms with E-state index in [1.54, 1.807) is 0 Å². The SMILES string of the molecule is Cc1ccc(C)c(C(=O)NCC2(CN)CC2)c1. The Labute approximate surface area is 102 Å². The molecule has 0 spiro atoms. The largest absolute Gasteiger partial charge is 0.351 e. The fourth-order valence-electron chi connectivity index (χ4n) is 1.97. The average molecular weight is 232 g/mol. The van der Waals surface area contributed by atoms with E-state index in [1.165, 1.54) is 0 Å². The molecule has 3 nitrogen and oxygen atoms in total. The molecule has 0 bridgehead atoms. The number of amides is 1. The lowest BCUT2D eigenvalue weighted by molar-refractivity contribution is 0.0944. The maximum Gasteiger partial charge on any atom is 0.251 e. The molecule has 1 aromatic rings. The lowest BCUT2D eigenvalue weighted by atomic mass is 10.0. The van der Waals surface area contributed by atoms with Crippen LogP contribution >= 0.6 is 0 Å². The molecule has 1 saturated carbocycles. The highest BCUT2D eigenvalue weighted by Gasteiger charge is 2.41. The van der Waals surface area contributed by atoms with Gasteiger partial charge >= 0.3 is 0 Å². The Balaban J connectivity index is 2.02. The number of carbonyl (C=O) groups excluding carboxylic acids is 1. The second-order valence-electron chi connectivity index (χ2n) is 5.21. The molecule has 0 aromatic heterocycles. The van der Waals surface area contributed by atoms with Gasteiger partial charge in [0.2, 0.25) is 0 Å². The van der Waals surface area contributed by atoms with Gasteiger partial charge in [0.05, 0.1) is 0 Å². The molecule has 2 rings (SSSR count). The first kappa shape index (κ1) is 12.1. The van der Waals surface area contributed by atoms with Crippen LogP contribution in [-0.4, -0.2) is 19.0 Å². The van der Waals surface area contributed by atoms with E-state index >= 15 is 0 Å². The molecule has 0 radical (unpaired) electrons. The molecule has 0 saturated heterocycles. The third-order valence-electron chi connectivity index (χ3n) is 3.65. The number of hydrogen-bond donors (Lipinski definition) is 2. The number of hydrogen-bond acceptors (Lipinski definition) is 2. The summed E-state index contributed by atoms with van der Waals surface area (Å²) in [5.74, 6) is 0.0194. The van der Waals surface area contributed by atoms with E-state index in [0.717, 1.165) is 29.5 Å². The van der Waals surface area contributed by atoms with Gasteiger partial charge < -0.3 is 11.1 Å². The smallest absolute Gasteiger partial charge is 0.251 e. The Morgan fingerprint density at radius 2 is 2.12 bits per heavy atom. The minimum Gasteiger partial charge on any atom is -0.351 e. The number of carbonyl (C=O) groups is 1. The summed E-state index contributed by atoms with van der Waals surface area (Å²) >= 11 is 0. The predicted octanol–water partition coefficient (Wildman–Crippen LogP) is 1.77. The highest BCUT2D eigenvalue weighted by atomic mass is 16.1. The van der Waals surface area contributed by atoms with Crippen molar-refractivity contribution in [2.75, 3.05) is 13.1 Å².